The minimum Gasteiger partial charge on any atom is -0.496 e. The number of hydrogen-bond donors (Lipinski definition) is 1. The summed E-state index contributed by atoms with van der Waals surface area (Å²) in [6, 6.07) is 7.66. The minimum absolute atomic E-state index is 0.170. The summed E-state index contributed by atoms with van der Waals surface area (Å²) in [6.07, 6.45) is 0. The van der Waals surface area contributed by atoms with Gasteiger partial charge in [0.1, 0.15) is 5.75 Å². The van der Waals surface area contributed by atoms with E-state index in [2.05, 4.69) is 20.3 Å². The Morgan fingerprint density at radius 3 is 2.79 bits per heavy atom. The first kappa shape index (κ1) is 13.9. The third-order valence-corrected chi connectivity index (χ3v) is 3.28. The second kappa shape index (κ2) is 6.58. The Bertz CT molecular complexity index is 567. The van der Waals surface area contributed by atoms with Crippen LogP contribution in [0.5, 0.6) is 5.75 Å². The molecule has 0 spiro atoms. The third-order valence-electron chi connectivity index (χ3n) is 2.19. The summed E-state index contributed by atoms with van der Waals surface area (Å²) in [5, 5.41) is 3.71. The van der Waals surface area contributed by atoms with Crippen LogP contribution in [0.2, 0.25) is 5.28 Å². The van der Waals surface area contributed by atoms with E-state index < -0.39 is 0 Å². The van der Waals surface area contributed by atoms with Gasteiger partial charge in [0, 0.05) is 6.54 Å². The molecular weight excluding hydrogens is 284 g/mol. The number of anilines is 1. The molecule has 19 heavy (non-hydrogen) atoms. The van der Waals surface area contributed by atoms with Crippen LogP contribution in [0.15, 0.2) is 34.3 Å². The van der Waals surface area contributed by atoms with Gasteiger partial charge < -0.3 is 10.1 Å². The van der Waals surface area contributed by atoms with Crippen LogP contribution in [-0.2, 0) is 0 Å². The standard InChI is InChI=1S/C12H13ClN4OS/c1-3-14-11-15-10(13)16-12(17-11)19-9-7-5-4-6-8(9)18-2/h4-7H,3H2,1-2H3,(H,14,15,16,17). The maximum absolute atomic E-state index is 5.88. The zero-order valence-electron chi connectivity index (χ0n) is 10.6. The van der Waals surface area contributed by atoms with Crippen molar-refractivity contribution in [3.8, 4) is 5.75 Å². The Labute approximate surface area is 120 Å². The number of nitrogens with one attached hydrogen (secondary N) is 1. The van der Waals surface area contributed by atoms with E-state index in [-0.39, 0.29) is 5.28 Å². The fourth-order valence-corrected chi connectivity index (χ4v) is 2.49. The highest BCUT2D eigenvalue weighted by Crippen LogP contribution is 2.33. The molecule has 1 aromatic carbocycles. The number of halogens is 1. The second-order valence-corrected chi connectivity index (χ2v) is 4.84. The van der Waals surface area contributed by atoms with E-state index in [1.54, 1.807) is 7.11 Å². The van der Waals surface area contributed by atoms with Crippen LogP contribution in [0.1, 0.15) is 6.92 Å². The number of hydrogen-bond acceptors (Lipinski definition) is 6. The molecule has 7 heteroatoms. The molecule has 2 rings (SSSR count). The Balaban J connectivity index is 2.27. The SMILES string of the molecule is CCNc1nc(Cl)nc(Sc2ccccc2OC)n1. The quantitative estimate of drug-likeness (QED) is 0.915. The Morgan fingerprint density at radius 1 is 1.26 bits per heavy atom. The van der Waals surface area contributed by atoms with Crippen LogP contribution in [0.4, 0.5) is 5.95 Å². The summed E-state index contributed by atoms with van der Waals surface area (Å²) in [5.41, 5.74) is 0. The fraction of sp³-hybridized carbons (Fsp3) is 0.250. The lowest BCUT2D eigenvalue weighted by Gasteiger charge is -2.07. The highest BCUT2D eigenvalue weighted by atomic mass is 35.5. The molecule has 1 heterocycles. The molecule has 0 amide bonds. The zero-order valence-corrected chi connectivity index (χ0v) is 12.1. The highest BCUT2D eigenvalue weighted by Gasteiger charge is 2.09. The topological polar surface area (TPSA) is 59.9 Å². The first-order valence-electron chi connectivity index (χ1n) is 5.69. The summed E-state index contributed by atoms with van der Waals surface area (Å²) >= 11 is 7.26. The van der Waals surface area contributed by atoms with Crippen molar-refractivity contribution in [2.45, 2.75) is 17.0 Å². The first-order chi connectivity index (χ1) is 9.22. The van der Waals surface area contributed by atoms with Crippen LogP contribution in [0.25, 0.3) is 0 Å². The number of para-hydroxylation sites is 1. The van der Waals surface area contributed by atoms with Crippen molar-refractivity contribution in [2.24, 2.45) is 0 Å². The summed E-state index contributed by atoms with van der Waals surface area (Å²) in [6.45, 7) is 2.68. The van der Waals surface area contributed by atoms with Crippen LogP contribution >= 0.6 is 23.4 Å². The van der Waals surface area contributed by atoms with Crippen LogP contribution in [0.3, 0.4) is 0 Å². The lowest BCUT2D eigenvalue weighted by molar-refractivity contribution is 0.405. The van der Waals surface area contributed by atoms with Gasteiger partial charge in [-0.3, -0.25) is 0 Å². The smallest absolute Gasteiger partial charge is 0.228 e. The summed E-state index contributed by atoms with van der Waals surface area (Å²) in [7, 11) is 1.63. The van der Waals surface area contributed by atoms with Gasteiger partial charge in [-0.1, -0.05) is 12.1 Å². The maximum atomic E-state index is 5.88. The molecule has 0 radical (unpaired) electrons. The molecule has 0 aliphatic rings. The number of benzene rings is 1. The van der Waals surface area contributed by atoms with Crippen LogP contribution in [0, 0.1) is 0 Å². The predicted octanol–water partition coefficient (Wildman–Crippen LogP) is 3.12. The second-order valence-electron chi connectivity index (χ2n) is 3.49. The number of aromatic nitrogens is 3. The van der Waals surface area contributed by atoms with Gasteiger partial charge in [0.15, 0.2) is 5.16 Å². The first-order valence-corrected chi connectivity index (χ1v) is 6.88. The Morgan fingerprint density at radius 2 is 2.05 bits per heavy atom. The molecule has 100 valence electrons. The normalized spacial score (nSPS) is 10.3. The summed E-state index contributed by atoms with van der Waals surface area (Å²) < 4.78 is 5.28. The van der Waals surface area contributed by atoms with Gasteiger partial charge in [0.2, 0.25) is 11.2 Å². The molecule has 1 aromatic heterocycles. The van der Waals surface area contributed by atoms with Gasteiger partial charge in [-0.25, -0.2) is 0 Å². The average molecular weight is 297 g/mol. The summed E-state index contributed by atoms with van der Waals surface area (Å²) in [4.78, 5) is 13.3. The molecular formula is C12H13ClN4OS. The molecule has 0 aliphatic heterocycles. The molecule has 0 saturated carbocycles. The van der Waals surface area contributed by atoms with E-state index in [4.69, 9.17) is 16.3 Å². The van der Waals surface area contributed by atoms with Gasteiger partial charge >= 0.3 is 0 Å². The van der Waals surface area contributed by atoms with Crippen molar-refractivity contribution in [3.05, 3.63) is 29.5 Å². The van der Waals surface area contributed by atoms with E-state index in [9.17, 15) is 0 Å². The molecule has 0 saturated heterocycles. The van der Waals surface area contributed by atoms with Crippen molar-refractivity contribution in [2.75, 3.05) is 19.0 Å². The Hall–Kier alpha value is -1.53. The molecule has 2 aromatic rings. The maximum Gasteiger partial charge on any atom is 0.228 e. The number of ether oxygens (including phenoxy) is 1. The van der Waals surface area contributed by atoms with E-state index in [1.165, 1.54) is 11.8 Å². The molecule has 1 N–H and O–H groups in total. The van der Waals surface area contributed by atoms with Crippen molar-refractivity contribution in [1.82, 2.24) is 15.0 Å². The van der Waals surface area contributed by atoms with Gasteiger partial charge in [0.25, 0.3) is 0 Å². The monoisotopic (exact) mass is 296 g/mol. The molecule has 0 unspecified atom stereocenters. The molecule has 0 bridgehead atoms. The van der Waals surface area contributed by atoms with Crippen molar-refractivity contribution >= 4 is 29.3 Å². The zero-order chi connectivity index (χ0) is 13.7. The van der Waals surface area contributed by atoms with E-state index in [0.717, 1.165) is 17.2 Å². The van der Waals surface area contributed by atoms with Gasteiger partial charge in [0.05, 0.1) is 12.0 Å². The van der Waals surface area contributed by atoms with Crippen molar-refractivity contribution in [3.63, 3.8) is 0 Å². The molecule has 0 fully saturated rings. The number of nitrogens with zero attached hydrogens (tertiary/aromatic N) is 3. The average Bonchev–Trinajstić information content (AvgIpc) is 2.39. The molecule has 0 atom stereocenters. The van der Waals surface area contributed by atoms with Gasteiger partial charge in [-0.05, 0) is 42.4 Å². The predicted molar refractivity (Wildman–Crippen MR) is 76.1 cm³/mol. The fourth-order valence-electron chi connectivity index (χ4n) is 1.42. The van der Waals surface area contributed by atoms with Crippen LogP contribution in [-0.4, -0.2) is 28.6 Å². The summed E-state index contributed by atoms with van der Waals surface area (Å²) in [5.74, 6) is 1.24. The third kappa shape index (κ3) is 3.71. The van der Waals surface area contributed by atoms with E-state index in [0.29, 0.717) is 11.1 Å². The number of methoxy groups -OCH3 is 1. The van der Waals surface area contributed by atoms with Crippen LogP contribution < -0.4 is 10.1 Å². The van der Waals surface area contributed by atoms with Gasteiger partial charge in [-0.15, -0.1) is 0 Å². The van der Waals surface area contributed by atoms with E-state index >= 15 is 0 Å². The van der Waals surface area contributed by atoms with E-state index in [1.807, 2.05) is 31.2 Å². The molecule has 0 aliphatic carbocycles. The molecule has 5 nitrogen and oxygen atoms in total. The highest BCUT2D eigenvalue weighted by molar-refractivity contribution is 7.99. The lowest BCUT2D eigenvalue weighted by Crippen LogP contribution is -2.04. The Kier molecular flexibility index (Phi) is 4.81. The lowest BCUT2D eigenvalue weighted by atomic mass is 10.3. The van der Waals surface area contributed by atoms with Crippen molar-refractivity contribution in [1.29, 1.82) is 0 Å². The largest absolute Gasteiger partial charge is 0.496 e. The van der Waals surface area contributed by atoms with Gasteiger partial charge in [-0.2, -0.15) is 15.0 Å². The minimum atomic E-state index is 0.170. The number of rotatable bonds is 5. The van der Waals surface area contributed by atoms with Crippen molar-refractivity contribution < 1.29 is 4.74 Å².